The molecule has 0 amide bonds. The summed E-state index contributed by atoms with van der Waals surface area (Å²) in [5.41, 5.74) is 16.1. The van der Waals surface area contributed by atoms with Crippen molar-refractivity contribution in [3.63, 3.8) is 0 Å². The number of para-hydroxylation sites is 4. The van der Waals surface area contributed by atoms with Gasteiger partial charge in [0.05, 0.1) is 22.7 Å². The SMILES string of the molecule is CC1(C)c2ccccc2-c2c1ccc1c2N(c2ccccc2)c2cc(-c3cccc4c3oc3ccccc34)ccc2N1c1ccccc1. The van der Waals surface area contributed by atoms with E-state index >= 15 is 0 Å². The van der Waals surface area contributed by atoms with Crippen LogP contribution in [0.15, 0.2) is 162 Å². The van der Waals surface area contributed by atoms with Gasteiger partial charge in [0.1, 0.15) is 11.2 Å². The van der Waals surface area contributed by atoms with E-state index in [1.807, 2.05) is 6.07 Å². The Kier molecular flexibility index (Phi) is 5.63. The molecule has 0 saturated carbocycles. The first-order valence-corrected chi connectivity index (χ1v) is 16.6. The number of anilines is 6. The van der Waals surface area contributed by atoms with Gasteiger partial charge in [-0.3, -0.25) is 0 Å². The summed E-state index contributed by atoms with van der Waals surface area (Å²) >= 11 is 0. The van der Waals surface area contributed by atoms with Crippen molar-refractivity contribution in [1.29, 1.82) is 0 Å². The molecule has 8 aromatic rings. The molecule has 3 heteroatoms. The molecule has 10 rings (SSSR count). The second-order valence-electron chi connectivity index (χ2n) is 13.4. The van der Waals surface area contributed by atoms with Crippen molar-refractivity contribution < 1.29 is 4.42 Å². The molecule has 1 aromatic heterocycles. The summed E-state index contributed by atoms with van der Waals surface area (Å²) in [5.74, 6) is 0. The van der Waals surface area contributed by atoms with Gasteiger partial charge in [0.25, 0.3) is 0 Å². The fraction of sp³-hybridized carbons (Fsp3) is 0.0667. The van der Waals surface area contributed by atoms with Gasteiger partial charge in [0.15, 0.2) is 0 Å². The summed E-state index contributed by atoms with van der Waals surface area (Å²) in [5, 5.41) is 2.27. The van der Waals surface area contributed by atoms with Gasteiger partial charge in [-0.2, -0.15) is 0 Å². The molecule has 0 radical (unpaired) electrons. The zero-order valence-electron chi connectivity index (χ0n) is 26.8. The number of benzene rings is 7. The van der Waals surface area contributed by atoms with E-state index in [-0.39, 0.29) is 5.41 Å². The topological polar surface area (TPSA) is 19.6 Å². The summed E-state index contributed by atoms with van der Waals surface area (Å²) in [6.45, 7) is 4.71. The second kappa shape index (κ2) is 9.97. The van der Waals surface area contributed by atoms with Crippen LogP contribution >= 0.6 is 0 Å². The number of fused-ring (bicyclic) bond motifs is 9. The average Bonchev–Trinajstić information content (AvgIpc) is 3.63. The maximum Gasteiger partial charge on any atom is 0.143 e. The quantitative estimate of drug-likeness (QED) is 0.197. The van der Waals surface area contributed by atoms with E-state index in [2.05, 4.69) is 175 Å². The third-order valence-electron chi connectivity index (χ3n) is 10.4. The van der Waals surface area contributed by atoms with Gasteiger partial charge in [0.2, 0.25) is 0 Å². The fourth-order valence-electron chi connectivity index (χ4n) is 8.16. The summed E-state index contributed by atoms with van der Waals surface area (Å²) in [4.78, 5) is 4.92. The number of nitrogens with zero attached hydrogens (tertiary/aromatic N) is 2. The minimum Gasteiger partial charge on any atom is -0.455 e. The van der Waals surface area contributed by atoms with Crippen molar-refractivity contribution in [2.45, 2.75) is 19.3 Å². The number of hydrogen-bond donors (Lipinski definition) is 0. The first-order chi connectivity index (χ1) is 23.6. The minimum atomic E-state index is -0.125. The molecule has 48 heavy (non-hydrogen) atoms. The van der Waals surface area contributed by atoms with Crippen LogP contribution in [0.25, 0.3) is 44.2 Å². The Morgan fingerprint density at radius 1 is 0.479 bits per heavy atom. The third kappa shape index (κ3) is 3.70. The Hall–Kier alpha value is -6.06. The first-order valence-electron chi connectivity index (χ1n) is 16.6. The van der Waals surface area contributed by atoms with E-state index in [9.17, 15) is 0 Å². The molecule has 7 aromatic carbocycles. The Labute approximate surface area is 279 Å². The van der Waals surface area contributed by atoms with E-state index in [1.165, 1.54) is 27.9 Å². The summed E-state index contributed by atoms with van der Waals surface area (Å²) in [6, 6.07) is 56.9. The lowest BCUT2D eigenvalue weighted by Crippen LogP contribution is -2.25. The highest BCUT2D eigenvalue weighted by atomic mass is 16.3. The Bertz CT molecular complexity index is 2550. The van der Waals surface area contributed by atoms with Crippen LogP contribution in [0, 0.1) is 0 Å². The lowest BCUT2D eigenvalue weighted by molar-refractivity contribution is 0.660. The van der Waals surface area contributed by atoms with E-state index < -0.39 is 0 Å². The second-order valence-corrected chi connectivity index (χ2v) is 13.4. The summed E-state index contributed by atoms with van der Waals surface area (Å²) in [6.07, 6.45) is 0. The molecule has 228 valence electrons. The molecular formula is C45H32N2O. The van der Waals surface area contributed by atoms with E-state index in [1.54, 1.807) is 0 Å². The molecule has 0 atom stereocenters. The molecular weight excluding hydrogens is 585 g/mol. The van der Waals surface area contributed by atoms with Gasteiger partial charge in [-0.25, -0.2) is 0 Å². The molecule has 0 saturated heterocycles. The summed E-state index contributed by atoms with van der Waals surface area (Å²) < 4.78 is 6.54. The zero-order valence-corrected chi connectivity index (χ0v) is 26.8. The minimum absolute atomic E-state index is 0.125. The van der Waals surface area contributed by atoms with Crippen molar-refractivity contribution in [2.24, 2.45) is 0 Å². The maximum absolute atomic E-state index is 6.54. The number of rotatable bonds is 3. The van der Waals surface area contributed by atoms with Gasteiger partial charge in [-0.15, -0.1) is 0 Å². The highest BCUT2D eigenvalue weighted by molar-refractivity contribution is 6.12. The van der Waals surface area contributed by atoms with Crippen molar-refractivity contribution in [1.82, 2.24) is 0 Å². The maximum atomic E-state index is 6.54. The molecule has 3 nitrogen and oxygen atoms in total. The monoisotopic (exact) mass is 616 g/mol. The standard InChI is InChI=1S/C45H32N2O/c1-45(2)36-22-11-9-19-35(36)42-37(45)25-27-39-43(42)47(31-16-7-4-8-17-31)40-28-29(24-26-38(40)46(39)30-14-5-3-6-15-30)32-20-13-21-34-33-18-10-12-23-41(33)48-44(32)34/h3-28H,1-2H3. The highest BCUT2D eigenvalue weighted by Crippen LogP contribution is 2.62. The molecule has 0 bridgehead atoms. The Morgan fingerprint density at radius 2 is 1.12 bits per heavy atom. The Balaban J connectivity index is 1.30. The molecule has 0 fully saturated rings. The molecule has 0 N–H and O–H groups in total. The predicted octanol–water partition coefficient (Wildman–Crippen LogP) is 12.8. The molecule has 0 unspecified atom stereocenters. The number of furan rings is 1. The van der Waals surface area contributed by atoms with Gasteiger partial charge < -0.3 is 14.2 Å². The highest BCUT2D eigenvalue weighted by Gasteiger charge is 2.42. The molecule has 1 aliphatic heterocycles. The third-order valence-corrected chi connectivity index (χ3v) is 10.4. The largest absolute Gasteiger partial charge is 0.455 e. The van der Waals surface area contributed by atoms with Gasteiger partial charge >= 0.3 is 0 Å². The zero-order chi connectivity index (χ0) is 32.0. The van der Waals surface area contributed by atoms with Crippen LogP contribution in [0.1, 0.15) is 25.0 Å². The van der Waals surface area contributed by atoms with E-state index in [4.69, 9.17) is 4.42 Å². The Morgan fingerprint density at radius 3 is 1.94 bits per heavy atom. The summed E-state index contributed by atoms with van der Waals surface area (Å²) in [7, 11) is 0. The smallest absolute Gasteiger partial charge is 0.143 e. The van der Waals surface area contributed by atoms with Gasteiger partial charge in [-0.05, 0) is 70.8 Å². The van der Waals surface area contributed by atoms with Gasteiger partial charge in [-0.1, -0.05) is 123 Å². The van der Waals surface area contributed by atoms with Crippen LogP contribution in [-0.4, -0.2) is 0 Å². The molecule has 1 aliphatic carbocycles. The van der Waals surface area contributed by atoms with E-state index in [0.717, 1.165) is 61.5 Å². The first kappa shape index (κ1) is 27.1. The van der Waals surface area contributed by atoms with Crippen LogP contribution in [0.4, 0.5) is 34.1 Å². The van der Waals surface area contributed by atoms with Crippen molar-refractivity contribution in [3.05, 3.63) is 169 Å². The van der Waals surface area contributed by atoms with Crippen LogP contribution in [-0.2, 0) is 5.41 Å². The van der Waals surface area contributed by atoms with Crippen LogP contribution in [0.5, 0.6) is 0 Å². The predicted molar refractivity (Wildman–Crippen MR) is 200 cm³/mol. The molecule has 0 spiro atoms. The normalized spacial score (nSPS) is 14.1. The molecule has 2 heterocycles. The molecule has 2 aliphatic rings. The van der Waals surface area contributed by atoms with Crippen LogP contribution < -0.4 is 9.80 Å². The van der Waals surface area contributed by atoms with E-state index in [0.29, 0.717) is 0 Å². The van der Waals surface area contributed by atoms with Crippen molar-refractivity contribution in [2.75, 3.05) is 9.80 Å². The van der Waals surface area contributed by atoms with Crippen LogP contribution in [0.3, 0.4) is 0 Å². The fourth-order valence-corrected chi connectivity index (χ4v) is 8.16. The lowest BCUT2D eigenvalue weighted by Gasteiger charge is -2.42. The van der Waals surface area contributed by atoms with Crippen molar-refractivity contribution >= 4 is 56.1 Å². The van der Waals surface area contributed by atoms with Crippen LogP contribution in [0.2, 0.25) is 0 Å². The number of hydrogen-bond acceptors (Lipinski definition) is 3. The lowest BCUT2D eigenvalue weighted by atomic mass is 9.82. The average molecular weight is 617 g/mol. The van der Waals surface area contributed by atoms with Crippen molar-refractivity contribution in [3.8, 4) is 22.3 Å². The van der Waals surface area contributed by atoms with Gasteiger partial charge in [0, 0.05) is 38.7 Å².